The van der Waals surface area contributed by atoms with Gasteiger partial charge in [-0.1, -0.05) is 6.92 Å². The molecule has 174 valence electrons. The van der Waals surface area contributed by atoms with Crippen molar-refractivity contribution in [1.29, 1.82) is 10.5 Å². The van der Waals surface area contributed by atoms with Crippen LogP contribution in [0.25, 0.3) is 28.4 Å². The zero-order chi connectivity index (χ0) is 24.9. The number of benzene rings is 1. The van der Waals surface area contributed by atoms with Crippen molar-refractivity contribution in [3.63, 3.8) is 0 Å². The number of hydrogen-bond donors (Lipinski definition) is 1. The number of carbonyl (C=O) groups is 1. The molecule has 0 aliphatic carbocycles. The Morgan fingerprint density at radius 2 is 2.03 bits per heavy atom. The number of hydrogen-bond acceptors (Lipinski definition) is 8. The second-order valence-corrected chi connectivity index (χ2v) is 8.35. The zero-order valence-electron chi connectivity index (χ0n) is 19.1. The molecule has 0 bridgehead atoms. The SMILES string of the molecule is CCOc1ccc2nc3c(c(C=C(C#N)C#N)c2c1)Cn1c-3cc2c(c1=O)COC(=O)C2(O)CC. The first-order chi connectivity index (χ1) is 16.9. The molecule has 0 saturated heterocycles. The number of aliphatic hydroxyl groups is 1. The van der Waals surface area contributed by atoms with E-state index in [9.17, 15) is 25.2 Å². The van der Waals surface area contributed by atoms with Gasteiger partial charge in [0.15, 0.2) is 5.60 Å². The summed E-state index contributed by atoms with van der Waals surface area (Å²) in [4.78, 5) is 30.6. The third-order valence-electron chi connectivity index (χ3n) is 6.54. The fourth-order valence-corrected chi connectivity index (χ4v) is 4.74. The van der Waals surface area contributed by atoms with Crippen LogP contribution in [-0.4, -0.2) is 27.2 Å². The number of aromatic nitrogens is 2. The topological polar surface area (TPSA) is 138 Å². The second-order valence-electron chi connectivity index (χ2n) is 8.35. The molecule has 0 spiro atoms. The van der Waals surface area contributed by atoms with E-state index in [1.165, 1.54) is 10.6 Å². The van der Waals surface area contributed by atoms with Gasteiger partial charge < -0.3 is 19.1 Å². The van der Waals surface area contributed by atoms with E-state index in [1.807, 2.05) is 19.1 Å². The zero-order valence-corrected chi connectivity index (χ0v) is 19.1. The summed E-state index contributed by atoms with van der Waals surface area (Å²) >= 11 is 0. The predicted octanol–water partition coefficient (Wildman–Crippen LogP) is 2.91. The molecule has 2 aliphatic heterocycles. The lowest BCUT2D eigenvalue weighted by atomic mass is 9.86. The molecular formula is C26H20N4O5. The first-order valence-corrected chi connectivity index (χ1v) is 11.1. The molecule has 0 radical (unpaired) electrons. The number of esters is 1. The Morgan fingerprint density at radius 1 is 1.26 bits per heavy atom. The summed E-state index contributed by atoms with van der Waals surface area (Å²) < 4.78 is 12.3. The minimum Gasteiger partial charge on any atom is -0.494 e. The highest BCUT2D eigenvalue weighted by Crippen LogP contribution is 2.41. The number of pyridine rings is 2. The molecule has 3 aromatic rings. The largest absolute Gasteiger partial charge is 0.494 e. The van der Waals surface area contributed by atoms with Crippen LogP contribution in [0.3, 0.4) is 0 Å². The van der Waals surface area contributed by atoms with Crippen molar-refractivity contribution in [2.45, 2.75) is 39.0 Å². The number of rotatable bonds is 4. The third kappa shape index (κ3) is 3.21. The second kappa shape index (κ2) is 8.08. The summed E-state index contributed by atoms with van der Waals surface area (Å²) in [6, 6.07) is 10.7. The van der Waals surface area contributed by atoms with E-state index in [0.717, 1.165) is 0 Å². The van der Waals surface area contributed by atoms with Crippen molar-refractivity contribution in [3.8, 4) is 29.3 Å². The Hall–Kier alpha value is -4.47. The van der Waals surface area contributed by atoms with Crippen LogP contribution in [0.4, 0.5) is 0 Å². The normalized spacial score (nSPS) is 17.5. The fourth-order valence-electron chi connectivity index (χ4n) is 4.74. The molecule has 0 saturated carbocycles. The van der Waals surface area contributed by atoms with Gasteiger partial charge in [0.2, 0.25) is 0 Å². The highest BCUT2D eigenvalue weighted by atomic mass is 16.6. The number of allylic oxidation sites excluding steroid dienone is 1. The van der Waals surface area contributed by atoms with Crippen LogP contribution in [0, 0.1) is 22.7 Å². The Bertz CT molecular complexity index is 1590. The van der Waals surface area contributed by atoms with E-state index < -0.39 is 11.6 Å². The number of nitrogens with zero attached hydrogens (tertiary/aromatic N) is 4. The summed E-state index contributed by atoms with van der Waals surface area (Å²) in [5, 5.41) is 30.5. The summed E-state index contributed by atoms with van der Waals surface area (Å²) in [5.74, 6) is -0.181. The lowest BCUT2D eigenvalue weighted by molar-refractivity contribution is -0.172. The van der Waals surface area contributed by atoms with Gasteiger partial charge in [-0.25, -0.2) is 9.78 Å². The number of fused-ring (bicyclic) bond motifs is 5. The molecule has 4 heterocycles. The number of nitriles is 2. The van der Waals surface area contributed by atoms with E-state index in [4.69, 9.17) is 14.5 Å². The van der Waals surface area contributed by atoms with Gasteiger partial charge in [-0.2, -0.15) is 10.5 Å². The summed E-state index contributed by atoms with van der Waals surface area (Å²) in [5.41, 5.74) is 0.800. The average molecular weight is 468 g/mol. The summed E-state index contributed by atoms with van der Waals surface area (Å²) in [6.45, 7) is 3.90. The van der Waals surface area contributed by atoms with Crippen LogP contribution < -0.4 is 10.3 Å². The van der Waals surface area contributed by atoms with Crippen LogP contribution >= 0.6 is 0 Å². The minimum absolute atomic E-state index is 0.0433. The van der Waals surface area contributed by atoms with Crippen LogP contribution in [-0.2, 0) is 28.3 Å². The quantitative estimate of drug-likeness (QED) is 0.356. The molecule has 2 aliphatic rings. The maximum atomic E-state index is 13.5. The predicted molar refractivity (Wildman–Crippen MR) is 125 cm³/mol. The molecule has 0 amide bonds. The third-order valence-corrected chi connectivity index (χ3v) is 6.54. The van der Waals surface area contributed by atoms with Crippen molar-refractivity contribution in [2.75, 3.05) is 6.61 Å². The van der Waals surface area contributed by atoms with Gasteiger partial charge in [-0.05, 0) is 49.2 Å². The Morgan fingerprint density at radius 3 is 2.71 bits per heavy atom. The lowest BCUT2D eigenvalue weighted by Crippen LogP contribution is -2.44. The van der Waals surface area contributed by atoms with Crippen LogP contribution in [0.2, 0.25) is 0 Å². The molecule has 1 atom stereocenters. The summed E-state index contributed by atoms with van der Waals surface area (Å²) in [7, 11) is 0. The van der Waals surface area contributed by atoms with Gasteiger partial charge in [-0.3, -0.25) is 4.79 Å². The van der Waals surface area contributed by atoms with Gasteiger partial charge >= 0.3 is 5.97 Å². The lowest BCUT2D eigenvalue weighted by Gasteiger charge is -2.31. The standard InChI is InChI=1S/C26H20N4O5/c1-3-26(33)20-9-22-23-18(12-30(22)24(31)19(20)13-35-25(26)32)16(7-14(10-27)11-28)17-8-15(34-4-2)5-6-21(17)29-23/h5-9,33H,3-4,12-13H2,1-2H3. The van der Waals surface area contributed by atoms with Crippen LogP contribution in [0.5, 0.6) is 5.75 Å². The highest BCUT2D eigenvalue weighted by molar-refractivity contribution is 5.95. The van der Waals surface area contributed by atoms with E-state index in [0.29, 0.717) is 45.8 Å². The van der Waals surface area contributed by atoms with E-state index in [1.54, 1.807) is 31.2 Å². The molecule has 0 fully saturated rings. The number of cyclic esters (lactones) is 1. The molecule has 5 rings (SSSR count). The van der Waals surface area contributed by atoms with Crippen molar-refractivity contribution in [1.82, 2.24) is 9.55 Å². The molecule has 1 N–H and O–H groups in total. The van der Waals surface area contributed by atoms with E-state index in [2.05, 4.69) is 0 Å². The maximum absolute atomic E-state index is 13.5. The monoisotopic (exact) mass is 468 g/mol. The maximum Gasteiger partial charge on any atom is 0.343 e. The minimum atomic E-state index is -1.92. The molecular weight excluding hydrogens is 448 g/mol. The van der Waals surface area contributed by atoms with E-state index in [-0.39, 0.29) is 41.8 Å². The van der Waals surface area contributed by atoms with Crippen molar-refractivity contribution in [2.24, 2.45) is 0 Å². The first kappa shape index (κ1) is 22.3. The highest BCUT2D eigenvalue weighted by Gasteiger charge is 2.45. The number of carbonyl (C=O) groups excluding carboxylic acids is 1. The fraction of sp³-hybridized carbons (Fsp3) is 0.269. The van der Waals surface area contributed by atoms with Gasteiger partial charge in [-0.15, -0.1) is 0 Å². The smallest absolute Gasteiger partial charge is 0.343 e. The Labute approximate surface area is 200 Å². The summed E-state index contributed by atoms with van der Waals surface area (Å²) in [6.07, 6.45) is 1.53. The van der Waals surface area contributed by atoms with Gasteiger partial charge in [0.05, 0.1) is 35.6 Å². The van der Waals surface area contributed by atoms with Crippen LogP contribution in [0.1, 0.15) is 42.5 Å². The average Bonchev–Trinajstić information content (AvgIpc) is 3.23. The van der Waals surface area contributed by atoms with Crippen molar-refractivity contribution >= 4 is 22.9 Å². The molecule has 35 heavy (non-hydrogen) atoms. The molecule has 1 aromatic carbocycles. The van der Waals surface area contributed by atoms with Crippen LogP contribution in [0.15, 0.2) is 34.6 Å². The van der Waals surface area contributed by atoms with Crippen molar-refractivity contribution < 1.29 is 19.4 Å². The molecule has 1 unspecified atom stereocenters. The van der Waals surface area contributed by atoms with Gasteiger partial charge in [0.25, 0.3) is 5.56 Å². The van der Waals surface area contributed by atoms with Crippen molar-refractivity contribution in [3.05, 3.63) is 62.4 Å². The molecule has 9 heteroatoms. The molecule has 2 aromatic heterocycles. The first-order valence-electron chi connectivity index (χ1n) is 11.1. The van der Waals surface area contributed by atoms with E-state index >= 15 is 0 Å². The van der Waals surface area contributed by atoms with Gasteiger partial charge in [0.1, 0.15) is 30.1 Å². The molecule has 9 nitrogen and oxygen atoms in total. The van der Waals surface area contributed by atoms with Gasteiger partial charge in [0, 0.05) is 16.5 Å². The Kier molecular flexibility index (Phi) is 5.16. The Balaban J connectivity index is 1.84. The number of ether oxygens (including phenoxy) is 2.